The van der Waals surface area contributed by atoms with Crippen LogP contribution in [0.3, 0.4) is 0 Å². The molecular formula is C26H29ClN4O3. The van der Waals surface area contributed by atoms with Crippen LogP contribution >= 0.6 is 11.6 Å². The van der Waals surface area contributed by atoms with Crippen molar-refractivity contribution >= 4 is 23.6 Å². The van der Waals surface area contributed by atoms with Gasteiger partial charge in [0.15, 0.2) is 0 Å². The summed E-state index contributed by atoms with van der Waals surface area (Å²) in [6, 6.07) is 15.8. The standard InChI is InChI=1S/C26H29ClN4O3/c1-5-17-8-6-7-9-22(17)31-24(18-10-12-19(27)13-11-18)20-14-29(15-21(20)28-31)23(32)16-30(25(33)34)26(2,3)4/h6-13H,5,14-16H2,1-4H3,(H,33,34). The Morgan fingerprint density at radius 2 is 1.76 bits per heavy atom. The highest BCUT2D eigenvalue weighted by molar-refractivity contribution is 6.30. The maximum atomic E-state index is 13.1. The second-order valence-electron chi connectivity index (χ2n) is 9.46. The summed E-state index contributed by atoms with van der Waals surface area (Å²) >= 11 is 6.14. The number of hydrogen-bond donors (Lipinski definition) is 1. The summed E-state index contributed by atoms with van der Waals surface area (Å²) in [6.45, 7) is 7.97. The fraction of sp³-hybridized carbons (Fsp3) is 0.346. The molecule has 0 fully saturated rings. The van der Waals surface area contributed by atoms with Crippen LogP contribution in [0.5, 0.6) is 0 Å². The van der Waals surface area contributed by atoms with Crippen LogP contribution in [0, 0.1) is 0 Å². The van der Waals surface area contributed by atoms with Gasteiger partial charge in [0, 0.05) is 21.7 Å². The molecule has 1 aliphatic heterocycles. The minimum Gasteiger partial charge on any atom is -0.465 e. The first-order valence-electron chi connectivity index (χ1n) is 11.3. The van der Waals surface area contributed by atoms with Crippen LogP contribution in [0.1, 0.15) is 44.5 Å². The molecule has 0 aliphatic carbocycles. The molecule has 0 saturated heterocycles. The summed E-state index contributed by atoms with van der Waals surface area (Å²) in [7, 11) is 0. The van der Waals surface area contributed by atoms with Gasteiger partial charge in [-0.3, -0.25) is 9.69 Å². The lowest BCUT2D eigenvalue weighted by Crippen LogP contribution is -2.50. The van der Waals surface area contributed by atoms with Gasteiger partial charge in [-0.1, -0.05) is 48.9 Å². The molecule has 2 amide bonds. The van der Waals surface area contributed by atoms with E-state index in [1.54, 1.807) is 25.7 Å². The largest absolute Gasteiger partial charge is 0.465 e. The molecule has 0 bridgehead atoms. The number of aromatic nitrogens is 2. The van der Waals surface area contributed by atoms with Crippen LogP contribution in [0.15, 0.2) is 48.5 Å². The van der Waals surface area contributed by atoms with E-state index < -0.39 is 11.6 Å². The van der Waals surface area contributed by atoms with E-state index in [1.807, 2.05) is 41.1 Å². The average Bonchev–Trinajstić information content (AvgIpc) is 3.35. The van der Waals surface area contributed by atoms with Crippen molar-refractivity contribution < 1.29 is 14.7 Å². The van der Waals surface area contributed by atoms with Crippen LogP contribution in [-0.4, -0.2) is 48.8 Å². The average molecular weight is 481 g/mol. The number of carbonyl (C=O) groups excluding carboxylic acids is 1. The lowest BCUT2D eigenvalue weighted by atomic mass is 10.1. The van der Waals surface area contributed by atoms with E-state index in [0.29, 0.717) is 18.1 Å². The molecule has 0 unspecified atom stereocenters. The number of fused-ring (bicyclic) bond motifs is 1. The molecule has 34 heavy (non-hydrogen) atoms. The number of nitrogens with zero attached hydrogens (tertiary/aromatic N) is 4. The molecule has 8 heteroatoms. The van der Waals surface area contributed by atoms with Gasteiger partial charge >= 0.3 is 6.09 Å². The van der Waals surface area contributed by atoms with E-state index in [1.165, 1.54) is 10.5 Å². The van der Waals surface area contributed by atoms with Gasteiger partial charge in [0.25, 0.3) is 0 Å². The first-order valence-corrected chi connectivity index (χ1v) is 11.7. The van der Waals surface area contributed by atoms with Crippen molar-refractivity contribution in [1.82, 2.24) is 19.6 Å². The lowest BCUT2D eigenvalue weighted by Gasteiger charge is -2.33. The van der Waals surface area contributed by atoms with Crippen molar-refractivity contribution in [3.05, 3.63) is 70.4 Å². The second-order valence-corrected chi connectivity index (χ2v) is 9.90. The number of para-hydroxylation sites is 1. The third-order valence-electron chi connectivity index (χ3n) is 6.16. The van der Waals surface area contributed by atoms with Gasteiger partial charge in [-0.2, -0.15) is 5.10 Å². The van der Waals surface area contributed by atoms with E-state index in [4.69, 9.17) is 16.7 Å². The van der Waals surface area contributed by atoms with Crippen LogP contribution in [0.25, 0.3) is 16.9 Å². The lowest BCUT2D eigenvalue weighted by molar-refractivity contribution is -0.133. The van der Waals surface area contributed by atoms with Gasteiger partial charge in [-0.15, -0.1) is 0 Å². The van der Waals surface area contributed by atoms with Gasteiger partial charge < -0.3 is 10.0 Å². The van der Waals surface area contributed by atoms with Crippen LogP contribution < -0.4 is 0 Å². The SMILES string of the molecule is CCc1ccccc1-n1nc2c(c1-c1ccc(Cl)cc1)CN(C(=O)CN(C(=O)O)C(C)(C)C)C2. The number of aryl methyl sites for hydroxylation is 1. The van der Waals surface area contributed by atoms with Crippen molar-refractivity contribution in [2.45, 2.75) is 52.7 Å². The second kappa shape index (κ2) is 9.14. The van der Waals surface area contributed by atoms with E-state index in [9.17, 15) is 14.7 Å². The zero-order valence-electron chi connectivity index (χ0n) is 19.9. The molecule has 2 heterocycles. The summed E-state index contributed by atoms with van der Waals surface area (Å²) < 4.78 is 1.97. The Morgan fingerprint density at radius 1 is 1.09 bits per heavy atom. The molecule has 0 saturated carbocycles. The number of carbonyl (C=O) groups is 2. The molecule has 1 aromatic heterocycles. The normalized spacial score (nSPS) is 13.1. The topological polar surface area (TPSA) is 78.7 Å². The van der Waals surface area contributed by atoms with Crippen molar-refractivity contribution in [2.24, 2.45) is 0 Å². The molecule has 0 spiro atoms. The molecule has 0 atom stereocenters. The van der Waals surface area contributed by atoms with Crippen LogP contribution in [0.2, 0.25) is 5.02 Å². The highest BCUT2D eigenvalue weighted by Crippen LogP contribution is 2.36. The summed E-state index contributed by atoms with van der Waals surface area (Å²) in [6.07, 6.45) is -0.246. The molecule has 2 aromatic carbocycles. The van der Waals surface area contributed by atoms with Crippen molar-refractivity contribution in [3.8, 4) is 16.9 Å². The highest BCUT2D eigenvalue weighted by atomic mass is 35.5. The van der Waals surface area contributed by atoms with Crippen molar-refractivity contribution in [1.29, 1.82) is 0 Å². The quantitative estimate of drug-likeness (QED) is 0.532. The molecule has 1 N–H and O–H groups in total. The van der Waals surface area contributed by atoms with Crippen molar-refractivity contribution in [3.63, 3.8) is 0 Å². The summed E-state index contributed by atoms with van der Waals surface area (Å²) in [5.41, 5.74) is 5.18. The third-order valence-corrected chi connectivity index (χ3v) is 6.41. The van der Waals surface area contributed by atoms with E-state index in [2.05, 4.69) is 19.1 Å². The molecule has 4 rings (SSSR count). The van der Waals surface area contributed by atoms with E-state index >= 15 is 0 Å². The summed E-state index contributed by atoms with van der Waals surface area (Å²) in [4.78, 5) is 27.7. The van der Waals surface area contributed by atoms with Gasteiger partial charge in [-0.05, 0) is 51.0 Å². The van der Waals surface area contributed by atoms with Crippen LogP contribution in [-0.2, 0) is 24.3 Å². The van der Waals surface area contributed by atoms with E-state index in [0.717, 1.165) is 34.6 Å². The van der Waals surface area contributed by atoms with Gasteiger partial charge in [-0.25, -0.2) is 9.48 Å². The molecule has 178 valence electrons. The Bertz CT molecular complexity index is 1230. The fourth-order valence-electron chi connectivity index (χ4n) is 4.31. The molecule has 0 radical (unpaired) electrons. The minimum atomic E-state index is -1.11. The first kappa shape index (κ1) is 23.8. The number of amides is 2. The highest BCUT2D eigenvalue weighted by Gasteiger charge is 2.35. The number of carboxylic acid groups (broad SMARTS) is 1. The number of hydrogen-bond acceptors (Lipinski definition) is 3. The predicted octanol–water partition coefficient (Wildman–Crippen LogP) is 5.38. The Labute approximate surface area is 204 Å². The zero-order chi connectivity index (χ0) is 24.6. The maximum Gasteiger partial charge on any atom is 0.408 e. The van der Waals surface area contributed by atoms with Crippen molar-refractivity contribution in [2.75, 3.05) is 6.54 Å². The monoisotopic (exact) mass is 480 g/mol. The van der Waals surface area contributed by atoms with Gasteiger partial charge in [0.1, 0.15) is 6.54 Å². The Kier molecular flexibility index (Phi) is 6.41. The summed E-state index contributed by atoms with van der Waals surface area (Å²) in [5.74, 6) is -0.238. The molecule has 1 aliphatic rings. The number of halogens is 1. The third kappa shape index (κ3) is 4.53. The Hall–Kier alpha value is -3.32. The number of rotatable bonds is 5. The maximum absolute atomic E-state index is 13.1. The smallest absolute Gasteiger partial charge is 0.408 e. The minimum absolute atomic E-state index is 0.196. The molecular weight excluding hydrogens is 452 g/mol. The predicted molar refractivity (Wildman–Crippen MR) is 132 cm³/mol. The summed E-state index contributed by atoms with van der Waals surface area (Å²) in [5, 5.41) is 15.2. The van der Waals surface area contributed by atoms with Gasteiger partial charge in [0.2, 0.25) is 5.91 Å². The molecule has 7 nitrogen and oxygen atoms in total. The Morgan fingerprint density at radius 3 is 2.38 bits per heavy atom. The van der Waals surface area contributed by atoms with Crippen LogP contribution in [0.4, 0.5) is 4.79 Å². The molecule has 3 aromatic rings. The fourth-order valence-corrected chi connectivity index (χ4v) is 4.44. The zero-order valence-corrected chi connectivity index (χ0v) is 20.6. The first-order chi connectivity index (χ1) is 16.1. The van der Waals surface area contributed by atoms with E-state index in [-0.39, 0.29) is 12.5 Å². The Balaban J connectivity index is 1.72. The number of benzene rings is 2. The van der Waals surface area contributed by atoms with Gasteiger partial charge in [0.05, 0.1) is 30.2 Å².